The van der Waals surface area contributed by atoms with E-state index in [1.807, 2.05) is 0 Å². The van der Waals surface area contributed by atoms with E-state index >= 15 is 0 Å². The molecule has 92 valence electrons. The Hall–Kier alpha value is -1.88. The maximum atomic E-state index is 13.0. The van der Waals surface area contributed by atoms with Crippen molar-refractivity contribution in [2.75, 3.05) is 0 Å². The molecule has 18 heavy (non-hydrogen) atoms. The molecule has 0 bridgehead atoms. The molecule has 2 rings (SSSR count). The van der Waals surface area contributed by atoms with Crippen LogP contribution in [0, 0.1) is 5.82 Å². The van der Waals surface area contributed by atoms with Crippen LogP contribution in [-0.2, 0) is 0 Å². The lowest BCUT2D eigenvalue weighted by Gasteiger charge is -2.08. The Labute approximate surface area is 111 Å². The molecule has 0 aliphatic heterocycles. The summed E-state index contributed by atoms with van der Waals surface area (Å²) in [5.41, 5.74) is 0.147. The zero-order valence-corrected chi connectivity index (χ0v) is 10.6. The third-order valence-corrected chi connectivity index (χ3v) is 2.82. The SMILES string of the molecule is O=C(O)c1ccc(Oc2cccc(F)c2)c(Br)c1. The van der Waals surface area contributed by atoms with Crippen LogP contribution in [0.15, 0.2) is 46.9 Å². The molecule has 0 aliphatic carbocycles. The van der Waals surface area contributed by atoms with Gasteiger partial charge < -0.3 is 9.84 Å². The van der Waals surface area contributed by atoms with Crippen LogP contribution in [0.5, 0.6) is 11.5 Å². The van der Waals surface area contributed by atoms with Crippen molar-refractivity contribution in [3.8, 4) is 11.5 Å². The van der Waals surface area contributed by atoms with E-state index in [1.165, 1.54) is 36.4 Å². The number of rotatable bonds is 3. The Balaban J connectivity index is 2.27. The van der Waals surface area contributed by atoms with Gasteiger partial charge in [-0.25, -0.2) is 9.18 Å². The summed E-state index contributed by atoms with van der Waals surface area (Å²) in [7, 11) is 0. The summed E-state index contributed by atoms with van der Waals surface area (Å²) in [6.45, 7) is 0. The monoisotopic (exact) mass is 310 g/mol. The van der Waals surface area contributed by atoms with Crippen LogP contribution in [0.25, 0.3) is 0 Å². The second-order valence-electron chi connectivity index (χ2n) is 3.51. The van der Waals surface area contributed by atoms with Gasteiger partial charge in [0.05, 0.1) is 10.0 Å². The van der Waals surface area contributed by atoms with E-state index in [1.54, 1.807) is 6.07 Å². The fourth-order valence-electron chi connectivity index (χ4n) is 1.37. The van der Waals surface area contributed by atoms with Crippen LogP contribution in [-0.4, -0.2) is 11.1 Å². The standard InChI is InChI=1S/C13H8BrFO3/c14-11-6-8(13(16)17)4-5-12(11)18-10-3-1-2-9(15)7-10/h1-7H,(H,16,17). The molecule has 5 heteroatoms. The van der Waals surface area contributed by atoms with Gasteiger partial charge in [0.15, 0.2) is 0 Å². The molecule has 2 aromatic rings. The van der Waals surface area contributed by atoms with Crippen LogP contribution < -0.4 is 4.74 Å². The summed E-state index contributed by atoms with van der Waals surface area (Å²) in [6.07, 6.45) is 0. The number of hydrogen-bond acceptors (Lipinski definition) is 2. The molecule has 0 fully saturated rings. The number of carboxylic acid groups (broad SMARTS) is 1. The van der Waals surface area contributed by atoms with Crippen LogP contribution in [0.3, 0.4) is 0 Å². The topological polar surface area (TPSA) is 46.5 Å². The van der Waals surface area contributed by atoms with Crippen molar-refractivity contribution >= 4 is 21.9 Å². The van der Waals surface area contributed by atoms with Gasteiger partial charge in [-0.1, -0.05) is 6.07 Å². The Morgan fingerprint density at radius 2 is 2.00 bits per heavy atom. The lowest BCUT2D eigenvalue weighted by Crippen LogP contribution is -1.96. The quantitative estimate of drug-likeness (QED) is 0.929. The largest absolute Gasteiger partial charge is 0.478 e. The van der Waals surface area contributed by atoms with E-state index in [0.717, 1.165) is 0 Å². The minimum Gasteiger partial charge on any atom is -0.478 e. The maximum absolute atomic E-state index is 13.0. The number of hydrogen-bond donors (Lipinski definition) is 1. The Bertz CT molecular complexity index is 599. The molecule has 0 radical (unpaired) electrons. The molecule has 0 atom stereocenters. The lowest BCUT2D eigenvalue weighted by atomic mass is 10.2. The van der Waals surface area contributed by atoms with Crippen molar-refractivity contribution < 1.29 is 19.0 Å². The second kappa shape index (κ2) is 5.18. The van der Waals surface area contributed by atoms with Crippen molar-refractivity contribution in [3.63, 3.8) is 0 Å². The molecule has 0 unspecified atom stereocenters. The van der Waals surface area contributed by atoms with Gasteiger partial charge in [-0.3, -0.25) is 0 Å². The molecular formula is C13H8BrFO3. The average molecular weight is 311 g/mol. The van der Waals surface area contributed by atoms with Gasteiger partial charge in [0.25, 0.3) is 0 Å². The summed E-state index contributed by atoms with van der Waals surface area (Å²) in [6, 6.07) is 10.1. The first kappa shape index (κ1) is 12.6. The van der Waals surface area contributed by atoms with Gasteiger partial charge in [0.1, 0.15) is 17.3 Å². The minimum atomic E-state index is -1.02. The molecule has 0 spiro atoms. The molecule has 1 N–H and O–H groups in total. The Morgan fingerprint density at radius 1 is 1.22 bits per heavy atom. The van der Waals surface area contributed by atoms with Gasteiger partial charge in [-0.05, 0) is 46.3 Å². The predicted octanol–water partition coefficient (Wildman–Crippen LogP) is 4.08. The molecule has 3 nitrogen and oxygen atoms in total. The first-order valence-electron chi connectivity index (χ1n) is 5.02. The molecule has 2 aromatic carbocycles. The molecule has 0 aliphatic rings. The molecule has 0 saturated carbocycles. The summed E-state index contributed by atoms with van der Waals surface area (Å²) in [5.74, 6) is -0.650. The van der Waals surface area contributed by atoms with E-state index in [9.17, 15) is 9.18 Å². The zero-order valence-electron chi connectivity index (χ0n) is 9.06. The van der Waals surface area contributed by atoms with E-state index in [2.05, 4.69) is 15.9 Å². The summed E-state index contributed by atoms with van der Waals surface area (Å²) in [5, 5.41) is 8.82. The number of aromatic carboxylic acids is 1. The highest BCUT2D eigenvalue weighted by Gasteiger charge is 2.08. The van der Waals surface area contributed by atoms with Crippen molar-refractivity contribution in [3.05, 3.63) is 58.3 Å². The van der Waals surface area contributed by atoms with Crippen molar-refractivity contribution in [1.82, 2.24) is 0 Å². The van der Waals surface area contributed by atoms with Gasteiger partial charge in [0, 0.05) is 6.07 Å². The van der Waals surface area contributed by atoms with Crippen LogP contribution in [0.4, 0.5) is 4.39 Å². The smallest absolute Gasteiger partial charge is 0.335 e. The third kappa shape index (κ3) is 2.87. The van der Waals surface area contributed by atoms with E-state index in [0.29, 0.717) is 16.0 Å². The minimum absolute atomic E-state index is 0.147. The summed E-state index contributed by atoms with van der Waals surface area (Å²) >= 11 is 3.21. The average Bonchev–Trinajstić information content (AvgIpc) is 2.31. The molecule has 0 saturated heterocycles. The van der Waals surface area contributed by atoms with E-state index in [4.69, 9.17) is 9.84 Å². The molecule has 0 aromatic heterocycles. The van der Waals surface area contributed by atoms with Crippen LogP contribution in [0.1, 0.15) is 10.4 Å². The normalized spacial score (nSPS) is 10.1. The van der Waals surface area contributed by atoms with Crippen molar-refractivity contribution in [2.45, 2.75) is 0 Å². The summed E-state index contributed by atoms with van der Waals surface area (Å²) in [4.78, 5) is 10.8. The fraction of sp³-hybridized carbons (Fsp3) is 0. The first-order valence-corrected chi connectivity index (χ1v) is 5.82. The lowest BCUT2D eigenvalue weighted by molar-refractivity contribution is 0.0697. The van der Waals surface area contributed by atoms with Crippen LogP contribution >= 0.6 is 15.9 Å². The Morgan fingerprint density at radius 3 is 2.61 bits per heavy atom. The number of carboxylic acids is 1. The van der Waals surface area contributed by atoms with Gasteiger partial charge in [0.2, 0.25) is 0 Å². The highest BCUT2D eigenvalue weighted by Crippen LogP contribution is 2.30. The Kier molecular flexibility index (Phi) is 3.62. The van der Waals surface area contributed by atoms with Crippen LogP contribution in [0.2, 0.25) is 0 Å². The number of carbonyl (C=O) groups is 1. The second-order valence-corrected chi connectivity index (χ2v) is 4.36. The molecular weight excluding hydrogens is 303 g/mol. The number of halogens is 2. The van der Waals surface area contributed by atoms with Gasteiger partial charge >= 0.3 is 5.97 Å². The summed E-state index contributed by atoms with van der Waals surface area (Å²) < 4.78 is 18.9. The molecule has 0 heterocycles. The van der Waals surface area contributed by atoms with Crippen molar-refractivity contribution in [1.29, 1.82) is 0 Å². The zero-order chi connectivity index (χ0) is 13.1. The van der Waals surface area contributed by atoms with Gasteiger partial charge in [-0.2, -0.15) is 0 Å². The highest BCUT2D eigenvalue weighted by molar-refractivity contribution is 9.10. The first-order chi connectivity index (χ1) is 8.56. The fourth-order valence-corrected chi connectivity index (χ4v) is 1.83. The van der Waals surface area contributed by atoms with E-state index in [-0.39, 0.29) is 5.56 Å². The third-order valence-electron chi connectivity index (χ3n) is 2.20. The maximum Gasteiger partial charge on any atom is 0.335 e. The van der Waals surface area contributed by atoms with Crippen molar-refractivity contribution in [2.24, 2.45) is 0 Å². The number of benzene rings is 2. The van der Waals surface area contributed by atoms with Gasteiger partial charge in [-0.15, -0.1) is 0 Å². The predicted molar refractivity (Wildman–Crippen MR) is 67.6 cm³/mol. The highest BCUT2D eigenvalue weighted by atomic mass is 79.9. The molecule has 0 amide bonds. The van der Waals surface area contributed by atoms with E-state index < -0.39 is 11.8 Å². The number of ether oxygens (including phenoxy) is 1.